The predicted molar refractivity (Wildman–Crippen MR) is 93.4 cm³/mol. The van der Waals surface area contributed by atoms with E-state index < -0.39 is 0 Å². The molecule has 2 aliphatic heterocycles. The van der Waals surface area contributed by atoms with Gasteiger partial charge in [0.1, 0.15) is 12.7 Å². The van der Waals surface area contributed by atoms with E-state index in [0.29, 0.717) is 6.61 Å². The quantitative estimate of drug-likeness (QED) is 0.924. The van der Waals surface area contributed by atoms with Gasteiger partial charge in [-0.1, -0.05) is 32.9 Å². The van der Waals surface area contributed by atoms with Gasteiger partial charge in [-0.25, -0.2) is 0 Å². The molecule has 1 saturated heterocycles. The van der Waals surface area contributed by atoms with Crippen LogP contribution in [0.15, 0.2) is 24.3 Å². The van der Waals surface area contributed by atoms with Crippen molar-refractivity contribution in [1.82, 2.24) is 10.2 Å². The number of amides is 1. The van der Waals surface area contributed by atoms with E-state index in [1.807, 2.05) is 45.0 Å². The molecule has 5 heteroatoms. The Kier molecular flexibility index (Phi) is 4.99. The summed E-state index contributed by atoms with van der Waals surface area (Å²) in [6, 6.07) is 8.11. The average Bonchev–Trinajstić information content (AvgIpc) is 2.55. The van der Waals surface area contributed by atoms with E-state index in [2.05, 4.69) is 10.2 Å². The topological polar surface area (TPSA) is 50.8 Å². The molecule has 3 rings (SSSR count). The van der Waals surface area contributed by atoms with Crippen molar-refractivity contribution >= 4 is 5.91 Å². The first kappa shape index (κ1) is 17.1. The van der Waals surface area contributed by atoms with E-state index in [1.165, 1.54) is 0 Å². The van der Waals surface area contributed by atoms with Gasteiger partial charge in [0.05, 0.1) is 0 Å². The minimum Gasteiger partial charge on any atom is -0.486 e. The van der Waals surface area contributed by atoms with Gasteiger partial charge in [-0.3, -0.25) is 9.69 Å². The third-order valence-electron chi connectivity index (χ3n) is 4.63. The minimum atomic E-state index is -0.322. The summed E-state index contributed by atoms with van der Waals surface area (Å²) in [7, 11) is 0. The molecule has 1 atom stereocenters. The first-order valence-corrected chi connectivity index (χ1v) is 8.83. The molecule has 0 radical (unpaired) electrons. The van der Waals surface area contributed by atoms with Crippen molar-refractivity contribution in [3.8, 4) is 11.5 Å². The van der Waals surface area contributed by atoms with Crippen molar-refractivity contribution in [2.45, 2.75) is 45.8 Å². The number of rotatable bonds is 3. The number of benzene rings is 1. The molecule has 1 amide bonds. The van der Waals surface area contributed by atoms with E-state index in [9.17, 15) is 4.79 Å². The zero-order valence-corrected chi connectivity index (χ0v) is 14.9. The van der Waals surface area contributed by atoms with Crippen LogP contribution in [-0.2, 0) is 4.79 Å². The molecular weight excluding hydrogens is 304 g/mol. The maximum absolute atomic E-state index is 12.1. The number of para-hydroxylation sites is 2. The lowest BCUT2D eigenvalue weighted by Crippen LogP contribution is -2.50. The smallest absolute Gasteiger partial charge is 0.225 e. The highest BCUT2D eigenvalue weighted by atomic mass is 16.6. The summed E-state index contributed by atoms with van der Waals surface area (Å²) in [5.41, 5.74) is -0.322. The Balaban J connectivity index is 1.44. The van der Waals surface area contributed by atoms with Crippen LogP contribution in [0.3, 0.4) is 0 Å². The number of hydrogen-bond donors (Lipinski definition) is 1. The first-order chi connectivity index (χ1) is 11.4. The van der Waals surface area contributed by atoms with Crippen LogP contribution in [0.1, 0.15) is 33.6 Å². The van der Waals surface area contributed by atoms with E-state index in [4.69, 9.17) is 9.47 Å². The molecule has 1 fully saturated rings. The third-order valence-corrected chi connectivity index (χ3v) is 4.63. The van der Waals surface area contributed by atoms with Crippen LogP contribution in [0.2, 0.25) is 0 Å². The van der Waals surface area contributed by atoms with Crippen molar-refractivity contribution in [2.24, 2.45) is 5.41 Å². The van der Waals surface area contributed by atoms with Gasteiger partial charge in [0.25, 0.3) is 0 Å². The number of carbonyl (C=O) groups is 1. The van der Waals surface area contributed by atoms with Gasteiger partial charge in [0, 0.05) is 31.1 Å². The zero-order chi connectivity index (χ0) is 17.2. The number of carbonyl (C=O) groups excluding carboxylic acids is 1. The van der Waals surface area contributed by atoms with Gasteiger partial charge < -0.3 is 14.8 Å². The van der Waals surface area contributed by atoms with Crippen LogP contribution in [0, 0.1) is 5.41 Å². The van der Waals surface area contributed by atoms with E-state index in [-0.39, 0.29) is 23.5 Å². The maximum atomic E-state index is 12.1. The Hall–Kier alpha value is -1.75. The van der Waals surface area contributed by atoms with Gasteiger partial charge in [0.15, 0.2) is 11.5 Å². The number of nitrogens with one attached hydrogen (secondary N) is 1. The number of piperidine rings is 1. The largest absolute Gasteiger partial charge is 0.486 e. The monoisotopic (exact) mass is 332 g/mol. The first-order valence-electron chi connectivity index (χ1n) is 8.83. The molecule has 0 bridgehead atoms. The fourth-order valence-electron chi connectivity index (χ4n) is 3.10. The van der Waals surface area contributed by atoms with Gasteiger partial charge in [-0.2, -0.15) is 0 Å². The lowest BCUT2D eigenvalue weighted by molar-refractivity contribution is -0.129. The average molecular weight is 332 g/mol. The summed E-state index contributed by atoms with van der Waals surface area (Å²) in [4.78, 5) is 14.5. The summed E-state index contributed by atoms with van der Waals surface area (Å²) in [5, 5.41) is 3.17. The van der Waals surface area contributed by atoms with Gasteiger partial charge in [0.2, 0.25) is 5.91 Å². The van der Waals surface area contributed by atoms with Gasteiger partial charge in [-0.05, 0) is 25.0 Å². The molecule has 2 heterocycles. The van der Waals surface area contributed by atoms with Crippen molar-refractivity contribution in [1.29, 1.82) is 0 Å². The zero-order valence-electron chi connectivity index (χ0n) is 14.9. The molecular formula is C19H28N2O3. The molecule has 0 saturated carbocycles. The molecule has 24 heavy (non-hydrogen) atoms. The number of fused-ring (bicyclic) bond motifs is 1. The van der Waals surface area contributed by atoms with Crippen LogP contribution in [0.25, 0.3) is 0 Å². The van der Waals surface area contributed by atoms with Crippen molar-refractivity contribution in [3.63, 3.8) is 0 Å². The number of hydrogen-bond acceptors (Lipinski definition) is 4. The fraction of sp³-hybridized carbons (Fsp3) is 0.632. The highest BCUT2D eigenvalue weighted by Crippen LogP contribution is 2.31. The molecule has 0 aromatic heterocycles. The summed E-state index contributed by atoms with van der Waals surface area (Å²) < 4.78 is 11.8. The second-order valence-corrected chi connectivity index (χ2v) is 7.80. The maximum Gasteiger partial charge on any atom is 0.225 e. The lowest BCUT2D eigenvalue weighted by atomic mass is 9.94. The fourth-order valence-corrected chi connectivity index (χ4v) is 3.10. The Morgan fingerprint density at radius 1 is 1.21 bits per heavy atom. The van der Waals surface area contributed by atoms with Gasteiger partial charge in [-0.15, -0.1) is 0 Å². The molecule has 132 valence electrons. The van der Waals surface area contributed by atoms with Crippen LogP contribution in [-0.4, -0.2) is 49.2 Å². The number of likely N-dealkylation sites (tertiary alicyclic amines) is 1. The number of nitrogens with zero attached hydrogens (tertiary/aromatic N) is 1. The Morgan fingerprint density at radius 3 is 2.54 bits per heavy atom. The van der Waals surface area contributed by atoms with E-state index in [0.717, 1.165) is 44.0 Å². The molecule has 1 unspecified atom stereocenters. The van der Waals surface area contributed by atoms with Gasteiger partial charge >= 0.3 is 0 Å². The highest BCUT2D eigenvalue weighted by molar-refractivity contribution is 5.81. The Morgan fingerprint density at radius 2 is 1.88 bits per heavy atom. The molecule has 2 aliphatic rings. The normalized spacial score (nSPS) is 22.2. The standard InChI is InChI=1S/C19H28N2O3/c1-19(2,3)18(22)20-14-8-10-21(11-9-14)12-15-13-23-16-6-4-5-7-17(16)24-15/h4-7,14-15H,8-13H2,1-3H3,(H,20,22). The lowest BCUT2D eigenvalue weighted by Gasteiger charge is -2.36. The molecule has 5 nitrogen and oxygen atoms in total. The van der Waals surface area contributed by atoms with Crippen LogP contribution in [0.4, 0.5) is 0 Å². The summed E-state index contributed by atoms with van der Waals surface area (Å²) in [6.45, 7) is 9.29. The van der Waals surface area contributed by atoms with E-state index >= 15 is 0 Å². The second-order valence-electron chi connectivity index (χ2n) is 7.80. The predicted octanol–water partition coefficient (Wildman–Crippen LogP) is 2.45. The SMILES string of the molecule is CC(C)(C)C(=O)NC1CCN(CC2COc3ccccc3O2)CC1. The van der Waals surface area contributed by atoms with Crippen LogP contribution >= 0.6 is 0 Å². The molecule has 1 aromatic rings. The Labute approximate surface area is 144 Å². The Bertz CT molecular complexity index is 574. The molecule has 1 aromatic carbocycles. The minimum absolute atomic E-state index is 0.0700. The summed E-state index contributed by atoms with van der Waals surface area (Å²) >= 11 is 0. The second kappa shape index (κ2) is 7.01. The molecule has 0 spiro atoms. The molecule has 1 N–H and O–H groups in total. The number of ether oxygens (including phenoxy) is 2. The van der Waals surface area contributed by atoms with Crippen molar-refractivity contribution in [3.05, 3.63) is 24.3 Å². The van der Waals surface area contributed by atoms with E-state index in [1.54, 1.807) is 0 Å². The summed E-state index contributed by atoms with van der Waals surface area (Å²) in [5.74, 6) is 1.81. The molecule has 0 aliphatic carbocycles. The van der Waals surface area contributed by atoms with Crippen molar-refractivity contribution < 1.29 is 14.3 Å². The third kappa shape index (κ3) is 4.20. The summed E-state index contributed by atoms with van der Waals surface area (Å²) in [6.07, 6.45) is 2.05. The van der Waals surface area contributed by atoms with Crippen LogP contribution in [0.5, 0.6) is 11.5 Å². The highest BCUT2D eigenvalue weighted by Gasteiger charge is 2.28. The van der Waals surface area contributed by atoms with Crippen molar-refractivity contribution in [2.75, 3.05) is 26.2 Å². The van der Waals surface area contributed by atoms with Crippen LogP contribution < -0.4 is 14.8 Å².